The first kappa shape index (κ1) is 30.2. The molecular weight excluding hydrogens is 555 g/mol. The molecule has 0 radical (unpaired) electrons. The predicted octanol–water partition coefficient (Wildman–Crippen LogP) is 6.20. The maximum absolute atomic E-state index is 14.1. The fourth-order valence-electron chi connectivity index (χ4n) is 5.68. The summed E-state index contributed by atoms with van der Waals surface area (Å²) in [5, 5.41) is 0. The molecule has 1 fully saturated rings. The number of carbonyl (C=O) groups excluding carboxylic acids is 1. The van der Waals surface area contributed by atoms with E-state index in [9.17, 15) is 9.18 Å². The smallest absolute Gasteiger partial charge is 0.338 e. The largest absolute Gasteiger partial charge is 0.493 e. The zero-order valence-corrected chi connectivity index (χ0v) is 25.8. The Morgan fingerprint density at radius 2 is 1.64 bits per heavy atom. The van der Waals surface area contributed by atoms with E-state index in [1.54, 1.807) is 36.0 Å². The number of fused-ring (bicyclic) bond motifs is 2. The van der Waals surface area contributed by atoms with Gasteiger partial charge in [-0.25, -0.2) is 9.18 Å². The molecule has 3 aromatic rings. The molecule has 1 unspecified atom stereocenters. The third kappa shape index (κ3) is 6.53. The molecule has 224 valence electrons. The number of nitrogens with zero attached hydrogens (tertiary/aromatic N) is 2. The zero-order chi connectivity index (χ0) is 29.8. The van der Waals surface area contributed by atoms with E-state index in [2.05, 4.69) is 41.8 Å². The average molecular weight is 595 g/mol. The standard InChI is InChI=1S/C33H39FN2O5S/c1-21(2)22-7-9-30-26(16-22)27(17-23-6-8-25(34)20-31(23)42-30)36-12-10-35(11-13-36)14-15-41-33(37)24-18-28(38-3)32(40-5)29(19-24)39-4/h6-9,16,18-21,27H,10-15,17H2,1-5H3. The summed E-state index contributed by atoms with van der Waals surface area (Å²) >= 11 is 1.68. The van der Waals surface area contributed by atoms with Gasteiger partial charge in [0.15, 0.2) is 11.5 Å². The van der Waals surface area contributed by atoms with E-state index >= 15 is 0 Å². The fourth-order valence-corrected chi connectivity index (χ4v) is 6.82. The van der Waals surface area contributed by atoms with E-state index in [4.69, 9.17) is 18.9 Å². The molecule has 0 amide bonds. The van der Waals surface area contributed by atoms with Crippen molar-refractivity contribution < 1.29 is 28.1 Å². The van der Waals surface area contributed by atoms with E-state index in [-0.39, 0.29) is 18.5 Å². The summed E-state index contributed by atoms with van der Waals surface area (Å²) in [6, 6.07) is 15.4. The molecule has 5 rings (SSSR count). The third-order valence-electron chi connectivity index (χ3n) is 8.11. The van der Waals surface area contributed by atoms with Crippen molar-refractivity contribution in [2.45, 2.75) is 42.0 Å². The minimum absolute atomic E-state index is 0.195. The topological polar surface area (TPSA) is 60.5 Å². The van der Waals surface area contributed by atoms with Gasteiger partial charge in [-0.3, -0.25) is 9.80 Å². The van der Waals surface area contributed by atoms with Crippen LogP contribution in [0.2, 0.25) is 0 Å². The summed E-state index contributed by atoms with van der Waals surface area (Å²) in [7, 11) is 4.55. The van der Waals surface area contributed by atoms with Crippen LogP contribution in [0, 0.1) is 5.82 Å². The lowest BCUT2D eigenvalue weighted by Crippen LogP contribution is -2.48. The van der Waals surface area contributed by atoms with Crippen molar-refractivity contribution in [3.63, 3.8) is 0 Å². The summed E-state index contributed by atoms with van der Waals surface area (Å²) in [4.78, 5) is 19.9. The van der Waals surface area contributed by atoms with Crippen LogP contribution in [0.15, 0.2) is 58.3 Å². The summed E-state index contributed by atoms with van der Waals surface area (Å²) < 4.78 is 35.8. The van der Waals surface area contributed by atoms with Gasteiger partial charge in [-0.1, -0.05) is 43.8 Å². The van der Waals surface area contributed by atoms with E-state index < -0.39 is 5.97 Å². The molecular formula is C33H39FN2O5S. The van der Waals surface area contributed by atoms with Crippen molar-refractivity contribution in [2.24, 2.45) is 0 Å². The maximum Gasteiger partial charge on any atom is 0.338 e. The molecule has 42 heavy (non-hydrogen) atoms. The number of ether oxygens (including phenoxy) is 4. The second kappa shape index (κ2) is 13.4. The van der Waals surface area contributed by atoms with E-state index in [1.807, 2.05) is 6.07 Å². The van der Waals surface area contributed by atoms with Crippen LogP contribution in [0.5, 0.6) is 17.2 Å². The van der Waals surface area contributed by atoms with Gasteiger partial charge in [0.2, 0.25) is 5.75 Å². The van der Waals surface area contributed by atoms with Gasteiger partial charge in [-0.2, -0.15) is 0 Å². The molecule has 7 nitrogen and oxygen atoms in total. The van der Waals surface area contributed by atoms with Crippen LogP contribution in [-0.2, 0) is 11.2 Å². The van der Waals surface area contributed by atoms with E-state index in [0.717, 1.165) is 37.5 Å². The quantitative estimate of drug-likeness (QED) is 0.272. The first-order valence-electron chi connectivity index (χ1n) is 14.3. The highest BCUT2D eigenvalue weighted by Crippen LogP contribution is 2.44. The molecule has 0 N–H and O–H groups in total. The Morgan fingerprint density at radius 1 is 0.929 bits per heavy atom. The van der Waals surface area contributed by atoms with Crippen molar-refractivity contribution in [3.05, 3.63) is 76.6 Å². The number of methoxy groups -OCH3 is 3. The van der Waals surface area contributed by atoms with Crippen LogP contribution in [0.1, 0.15) is 52.9 Å². The Labute approximate surface area is 251 Å². The van der Waals surface area contributed by atoms with Crippen molar-refractivity contribution in [1.82, 2.24) is 9.80 Å². The van der Waals surface area contributed by atoms with Gasteiger partial charge in [0, 0.05) is 48.6 Å². The van der Waals surface area contributed by atoms with Crippen LogP contribution in [0.25, 0.3) is 0 Å². The Hall–Kier alpha value is -3.27. The van der Waals surface area contributed by atoms with E-state index in [1.165, 1.54) is 42.9 Å². The zero-order valence-electron chi connectivity index (χ0n) is 24.9. The first-order chi connectivity index (χ1) is 20.3. The molecule has 0 aromatic heterocycles. The Morgan fingerprint density at radius 3 is 2.29 bits per heavy atom. The molecule has 1 saturated heterocycles. The Bertz CT molecular complexity index is 1400. The molecule has 9 heteroatoms. The minimum Gasteiger partial charge on any atom is -0.493 e. The molecule has 3 aromatic carbocycles. The molecule has 2 heterocycles. The van der Waals surface area contributed by atoms with Crippen molar-refractivity contribution in [1.29, 1.82) is 0 Å². The van der Waals surface area contributed by atoms with Crippen molar-refractivity contribution >= 4 is 17.7 Å². The molecule has 2 aliphatic rings. The van der Waals surface area contributed by atoms with Gasteiger partial charge in [-0.05, 0) is 59.4 Å². The van der Waals surface area contributed by atoms with Crippen molar-refractivity contribution in [2.75, 3.05) is 60.7 Å². The van der Waals surface area contributed by atoms with Crippen molar-refractivity contribution in [3.8, 4) is 17.2 Å². The lowest BCUT2D eigenvalue weighted by atomic mass is 9.93. The van der Waals surface area contributed by atoms with E-state index in [0.29, 0.717) is 35.3 Å². The SMILES string of the molecule is COc1cc(C(=O)OCCN2CCN(C3Cc4ccc(F)cc4Sc4ccc(C(C)C)cc43)CC2)cc(OC)c1OC. The lowest BCUT2D eigenvalue weighted by Gasteiger charge is -2.39. The second-order valence-electron chi connectivity index (χ2n) is 11.0. The number of benzene rings is 3. The number of hydrogen-bond donors (Lipinski definition) is 0. The third-order valence-corrected chi connectivity index (χ3v) is 9.30. The fraction of sp³-hybridized carbons (Fsp3) is 0.424. The molecule has 0 aliphatic carbocycles. The predicted molar refractivity (Wildman–Crippen MR) is 162 cm³/mol. The highest BCUT2D eigenvalue weighted by Gasteiger charge is 2.31. The summed E-state index contributed by atoms with van der Waals surface area (Å²) in [6.07, 6.45) is 0.851. The number of rotatable bonds is 9. The molecule has 0 spiro atoms. The van der Waals surface area contributed by atoms with Crippen LogP contribution >= 0.6 is 11.8 Å². The van der Waals surface area contributed by atoms with Gasteiger partial charge in [0.25, 0.3) is 0 Å². The number of esters is 1. The monoisotopic (exact) mass is 594 g/mol. The maximum atomic E-state index is 14.1. The summed E-state index contributed by atoms with van der Waals surface area (Å²) in [5.41, 5.74) is 4.19. The Balaban J connectivity index is 1.22. The summed E-state index contributed by atoms with van der Waals surface area (Å²) in [5.74, 6) is 1.05. The number of piperazine rings is 1. The van der Waals surface area contributed by atoms with Gasteiger partial charge in [0.1, 0.15) is 12.4 Å². The number of carbonyl (C=O) groups is 1. The van der Waals surface area contributed by atoms with Gasteiger partial charge in [0.05, 0.1) is 26.9 Å². The van der Waals surface area contributed by atoms with Crippen LogP contribution < -0.4 is 14.2 Å². The normalized spacial score (nSPS) is 17.3. The van der Waals surface area contributed by atoms with Gasteiger partial charge >= 0.3 is 5.97 Å². The van der Waals surface area contributed by atoms with Crippen LogP contribution in [0.4, 0.5) is 4.39 Å². The number of halogens is 1. The van der Waals surface area contributed by atoms with Crippen LogP contribution in [0.3, 0.4) is 0 Å². The highest BCUT2D eigenvalue weighted by molar-refractivity contribution is 7.99. The first-order valence-corrected chi connectivity index (χ1v) is 15.2. The average Bonchev–Trinajstić information content (AvgIpc) is 3.16. The second-order valence-corrected chi connectivity index (χ2v) is 12.0. The summed E-state index contributed by atoms with van der Waals surface area (Å²) in [6.45, 7) is 8.93. The van der Waals surface area contributed by atoms with Gasteiger partial charge in [-0.15, -0.1) is 0 Å². The number of hydrogen-bond acceptors (Lipinski definition) is 8. The van der Waals surface area contributed by atoms with Crippen LogP contribution in [-0.4, -0.2) is 76.4 Å². The van der Waals surface area contributed by atoms with Gasteiger partial charge < -0.3 is 18.9 Å². The molecule has 1 atom stereocenters. The molecule has 2 aliphatic heterocycles. The lowest BCUT2D eigenvalue weighted by molar-refractivity contribution is 0.0392. The molecule has 0 saturated carbocycles. The molecule has 0 bridgehead atoms. The minimum atomic E-state index is -0.434. The highest BCUT2D eigenvalue weighted by atomic mass is 32.2. The Kier molecular flexibility index (Phi) is 9.60.